The van der Waals surface area contributed by atoms with Crippen molar-refractivity contribution in [1.82, 2.24) is 10.6 Å². The number of benzene rings is 1. The molecule has 108 valence electrons. The summed E-state index contributed by atoms with van der Waals surface area (Å²) in [7, 11) is 0. The Morgan fingerprint density at radius 1 is 1.25 bits per heavy atom. The molecular formula is C13H14F2N2O2S. The van der Waals surface area contributed by atoms with E-state index in [1.165, 1.54) is 24.3 Å². The summed E-state index contributed by atoms with van der Waals surface area (Å²) >= 11 is 0.422. The molecule has 0 radical (unpaired) electrons. The van der Waals surface area contributed by atoms with Gasteiger partial charge in [0.25, 0.3) is 11.7 Å². The zero-order chi connectivity index (χ0) is 14.5. The standard InChI is InChI=1S/C13H14F2N2O2S/c14-13(15)20-10-5-1-8(2-6-10)12(19)16-7-11(18)17-9-3-4-9/h1-2,5-6,9,13H,3-4,7H2,(H,16,19)(H,17,18). The molecule has 1 fully saturated rings. The van der Waals surface area contributed by atoms with E-state index in [9.17, 15) is 18.4 Å². The molecule has 0 unspecified atom stereocenters. The Hall–Kier alpha value is -1.63. The molecule has 0 spiro atoms. The summed E-state index contributed by atoms with van der Waals surface area (Å²) < 4.78 is 24.3. The molecular weight excluding hydrogens is 286 g/mol. The lowest BCUT2D eigenvalue weighted by atomic mass is 10.2. The van der Waals surface area contributed by atoms with E-state index < -0.39 is 11.7 Å². The minimum absolute atomic E-state index is 0.0805. The van der Waals surface area contributed by atoms with E-state index in [4.69, 9.17) is 0 Å². The van der Waals surface area contributed by atoms with Gasteiger partial charge in [-0.05, 0) is 37.1 Å². The van der Waals surface area contributed by atoms with E-state index in [2.05, 4.69) is 10.6 Å². The van der Waals surface area contributed by atoms with E-state index in [0.717, 1.165) is 12.8 Å². The van der Waals surface area contributed by atoms with Crippen molar-refractivity contribution < 1.29 is 18.4 Å². The maximum absolute atomic E-state index is 12.1. The fourth-order valence-electron chi connectivity index (χ4n) is 1.56. The lowest BCUT2D eigenvalue weighted by Gasteiger charge is -2.06. The van der Waals surface area contributed by atoms with Gasteiger partial charge in [-0.3, -0.25) is 9.59 Å². The number of thioether (sulfide) groups is 1. The zero-order valence-electron chi connectivity index (χ0n) is 10.6. The summed E-state index contributed by atoms with van der Waals surface area (Å²) in [4.78, 5) is 23.5. The first-order chi connectivity index (χ1) is 9.54. The quantitative estimate of drug-likeness (QED) is 0.790. The second-order valence-electron chi connectivity index (χ2n) is 4.43. The second kappa shape index (κ2) is 6.69. The number of hydrogen-bond donors (Lipinski definition) is 2. The van der Waals surface area contributed by atoms with Gasteiger partial charge in [0.05, 0.1) is 6.54 Å². The third kappa shape index (κ3) is 4.80. The SMILES string of the molecule is O=C(CNC(=O)c1ccc(SC(F)F)cc1)NC1CC1. The van der Waals surface area contributed by atoms with Crippen molar-refractivity contribution in [3.8, 4) is 0 Å². The van der Waals surface area contributed by atoms with Gasteiger partial charge in [0.15, 0.2) is 0 Å². The molecule has 0 aliphatic heterocycles. The molecule has 1 aliphatic rings. The summed E-state index contributed by atoms with van der Waals surface area (Å²) in [6.45, 7) is -0.0805. The van der Waals surface area contributed by atoms with Gasteiger partial charge in [-0.2, -0.15) is 8.78 Å². The Morgan fingerprint density at radius 2 is 1.90 bits per heavy atom. The Bertz CT molecular complexity index is 490. The lowest BCUT2D eigenvalue weighted by Crippen LogP contribution is -2.37. The van der Waals surface area contributed by atoms with Crippen molar-refractivity contribution in [3.05, 3.63) is 29.8 Å². The Morgan fingerprint density at radius 3 is 2.45 bits per heavy atom. The van der Waals surface area contributed by atoms with Gasteiger partial charge in [0.1, 0.15) is 0 Å². The fourth-order valence-corrected chi connectivity index (χ4v) is 2.06. The van der Waals surface area contributed by atoms with Gasteiger partial charge >= 0.3 is 0 Å². The average Bonchev–Trinajstić information content (AvgIpc) is 3.20. The number of halogens is 2. The van der Waals surface area contributed by atoms with Crippen LogP contribution < -0.4 is 10.6 Å². The molecule has 2 rings (SSSR count). The molecule has 1 aromatic rings. The molecule has 1 saturated carbocycles. The Balaban J connectivity index is 1.80. The topological polar surface area (TPSA) is 58.2 Å². The number of hydrogen-bond acceptors (Lipinski definition) is 3. The van der Waals surface area contributed by atoms with Crippen LogP contribution >= 0.6 is 11.8 Å². The van der Waals surface area contributed by atoms with Crippen LogP contribution in [-0.2, 0) is 4.79 Å². The van der Waals surface area contributed by atoms with Crippen molar-refractivity contribution in [1.29, 1.82) is 0 Å². The van der Waals surface area contributed by atoms with Crippen LogP contribution in [0, 0.1) is 0 Å². The number of alkyl halides is 2. The largest absolute Gasteiger partial charge is 0.352 e. The number of amides is 2. The third-order valence-corrected chi connectivity index (χ3v) is 3.42. The maximum Gasteiger partial charge on any atom is 0.288 e. The Kier molecular flexibility index (Phi) is 4.94. The zero-order valence-corrected chi connectivity index (χ0v) is 11.4. The summed E-state index contributed by atoms with van der Waals surface area (Å²) in [5.74, 6) is -3.10. The first-order valence-electron chi connectivity index (χ1n) is 6.17. The first kappa shape index (κ1) is 14.8. The van der Waals surface area contributed by atoms with Crippen LogP contribution in [0.2, 0.25) is 0 Å². The Labute approximate surface area is 119 Å². The van der Waals surface area contributed by atoms with Crippen molar-refractivity contribution in [3.63, 3.8) is 0 Å². The van der Waals surface area contributed by atoms with Crippen LogP contribution in [0.4, 0.5) is 8.78 Å². The molecule has 0 saturated heterocycles. The first-order valence-corrected chi connectivity index (χ1v) is 7.05. The van der Waals surface area contributed by atoms with E-state index in [-0.39, 0.29) is 18.5 Å². The molecule has 2 amide bonds. The minimum atomic E-state index is -2.49. The highest BCUT2D eigenvalue weighted by molar-refractivity contribution is 7.99. The minimum Gasteiger partial charge on any atom is -0.352 e. The van der Waals surface area contributed by atoms with Crippen LogP contribution in [0.15, 0.2) is 29.2 Å². The van der Waals surface area contributed by atoms with Gasteiger partial charge < -0.3 is 10.6 Å². The van der Waals surface area contributed by atoms with E-state index in [1.54, 1.807) is 0 Å². The number of rotatable bonds is 6. The molecule has 0 atom stereocenters. The lowest BCUT2D eigenvalue weighted by molar-refractivity contribution is -0.120. The summed E-state index contributed by atoms with van der Waals surface area (Å²) in [6.07, 6.45) is 1.98. The van der Waals surface area contributed by atoms with Crippen LogP contribution in [0.1, 0.15) is 23.2 Å². The predicted octanol–water partition coefficient (Wildman–Crippen LogP) is 2.01. The van der Waals surface area contributed by atoms with Crippen molar-refractivity contribution >= 4 is 23.6 Å². The van der Waals surface area contributed by atoms with Crippen molar-refractivity contribution in [2.75, 3.05) is 6.54 Å². The monoisotopic (exact) mass is 300 g/mol. The smallest absolute Gasteiger partial charge is 0.288 e. The van der Waals surface area contributed by atoms with Crippen molar-refractivity contribution in [2.45, 2.75) is 29.5 Å². The molecule has 1 aliphatic carbocycles. The van der Waals surface area contributed by atoms with Gasteiger partial charge in [0.2, 0.25) is 5.91 Å². The van der Waals surface area contributed by atoms with Crippen LogP contribution in [0.3, 0.4) is 0 Å². The molecule has 2 N–H and O–H groups in total. The highest BCUT2D eigenvalue weighted by Crippen LogP contribution is 2.25. The molecule has 0 heterocycles. The fraction of sp³-hybridized carbons (Fsp3) is 0.385. The summed E-state index contributed by atoms with van der Waals surface area (Å²) in [6, 6.07) is 6.08. The van der Waals surface area contributed by atoms with E-state index in [1.807, 2.05) is 0 Å². The molecule has 4 nitrogen and oxygen atoms in total. The maximum atomic E-state index is 12.1. The van der Waals surface area contributed by atoms with Gasteiger partial charge in [-0.15, -0.1) is 0 Å². The predicted molar refractivity (Wildman–Crippen MR) is 71.8 cm³/mol. The van der Waals surface area contributed by atoms with E-state index >= 15 is 0 Å². The van der Waals surface area contributed by atoms with Crippen LogP contribution in [0.5, 0.6) is 0 Å². The average molecular weight is 300 g/mol. The summed E-state index contributed by atoms with van der Waals surface area (Å²) in [5.41, 5.74) is 0.336. The molecule has 0 aromatic heterocycles. The van der Waals surface area contributed by atoms with Crippen molar-refractivity contribution in [2.24, 2.45) is 0 Å². The normalized spacial score (nSPS) is 14.2. The van der Waals surface area contributed by atoms with E-state index in [0.29, 0.717) is 22.2 Å². The van der Waals surface area contributed by atoms with Gasteiger partial charge in [-0.25, -0.2) is 0 Å². The second-order valence-corrected chi connectivity index (χ2v) is 5.49. The molecule has 0 bridgehead atoms. The van der Waals surface area contributed by atoms with Crippen LogP contribution in [-0.4, -0.2) is 30.2 Å². The van der Waals surface area contributed by atoms with Gasteiger partial charge in [-0.1, -0.05) is 11.8 Å². The third-order valence-electron chi connectivity index (χ3n) is 2.69. The number of carbonyl (C=O) groups excluding carboxylic acids is 2. The highest BCUT2D eigenvalue weighted by Gasteiger charge is 2.23. The molecule has 1 aromatic carbocycles. The van der Waals surface area contributed by atoms with Gasteiger partial charge in [0, 0.05) is 16.5 Å². The number of nitrogens with one attached hydrogen (secondary N) is 2. The summed E-state index contributed by atoms with van der Waals surface area (Å²) in [5, 5.41) is 5.24. The van der Waals surface area contributed by atoms with Crippen LogP contribution in [0.25, 0.3) is 0 Å². The highest BCUT2D eigenvalue weighted by atomic mass is 32.2. The molecule has 7 heteroatoms. The number of carbonyl (C=O) groups is 2. The molecule has 20 heavy (non-hydrogen) atoms.